The molecule has 212 valence electrons. The van der Waals surface area contributed by atoms with Gasteiger partial charge in [-0.05, 0) is 41.8 Å². The van der Waals surface area contributed by atoms with Gasteiger partial charge in [0.25, 0.3) is 0 Å². The number of hydrogen-bond donors (Lipinski definition) is 3. The Hall–Kier alpha value is -5.23. The van der Waals surface area contributed by atoms with Crippen molar-refractivity contribution in [3.05, 3.63) is 60.7 Å². The summed E-state index contributed by atoms with van der Waals surface area (Å²) >= 11 is 0. The van der Waals surface area contributed by atoms with Gasteiger partial charge in [0.2, 0.25) is 5.91 Å². The van der Waals surface area contributed by atoms with E-state index in [-0.39, 0.29) is 30.6 Å². The van der Waals surface area contributed by atoms with Gasteiger partial charge in [0.1, 0.15) is 46.6 Å². The standard InChI is InChI=1S/C29H29N5O7/c1-17(36)30-19-6-8-21-18(13-19)5-9-23(29(21)37)32-34-25-16-26(39-3)24(15-27(25)40-4)33-31-22-10-7-20(38-2)14-28(22)41-12-11-35/h5-10,13-16,35,37H,11-12H2,1-4H3,(H,30,36). The van der Waals surface area contributed by atoms with Crippen molar-refractivity contribution in [2.75, 3.05) is 39.9 Å². The van der Waals surface area contributed by atoms with Gasteiger partial charge in [-0.2, -0.15) is 0 Å². The average Bonchev–Trinajstić information content (AvgIpc) is 2.98. The summed E-state index contributed by atoms with van der Waals surface area (Å²) in [6.07, 6.45) is 0. The van der Waals surface area contributed by atoms with Crippen LogP contribution in [0, 0.1) is 0 Å². The summed E-state index contributed by atoms with van der Waals surface area (Å²) in [5.41, 5.74) is 1.97. The minimum absolute atomic E-state index is 0.0595. The zero-order valence-corrected chi connectivity index (χ0v) is 22.9. The van der Waals surface area contributed by atoms with Crippen molar-refractivity contribution in [2.24, 2.45) is 20.5 Å². The van der Waals surface area contributed by atoms with Crippen LogP contribution in [-0.4, -0.2) is 50.7 Å². The minimum Gasteiger partial charge on any atom is -0.505 e. The number of aliphatic hydroxyl groups is 1. The molecule has 0 unspecified atom stereocenters. The van der Waals surface area contributed by atoms with Gasteiger partial charge in [0.05, 0.1) is 27.9 Å². The van der Waals surface area contributed by atoms with Crippen LogP contribution in [0.2, 0.25) is 0 Å². The van der Waals surface area contributed by atoms with E-state index in [4.69, 9.17) is 24.1 Å². The second-order valence-electron chi connectivity index (χ2n) is 8.55. The lowest BCUT2D eigenvalue weighted by Gasteiger charge is -2.11. The molecule has 4 rings (SSSR count). The lowest BCUT2D eigenvalue weighted by atomic mass is 10.1. The molecule has 0 radical (unpaired) electrons. The fourth-order valence-corrected chi connectivity index (χ4v) is 3.88. The molecule has 0 aliphatic rings. The molecule has 0 atom stereocenters. The van der Waals surface area contributed by atoms with Crippen molar-refractivity contribution in [3.63, 3.8) is 0 Å². The predicted octanol–water partition coefficient (Wildman–Crippen LogP) is 6.73. The van der Waals surface area contributed by atoms with Crippen LogP contribution in [0.3, 0.4) is 0 Å². The molecule has 4 aromatic rings. The number of phenolic OH excluding ortho intramolecular Hbond substituents is 1. The number of anilines is 1. The number of aromatic hydroxyl groups is 1. The van der Waals surface area contributed by atoms with Crippen LogP contribution >= 0.6 is 0 Å². The number of rotatable bonds is 11. The third-order valence-corrected chi connectivity index (χ3v) is 5.82. The number of carbonyl (C=O) groups is 1. The summed E-state index contributed by atoms with van der Waals surface area (Å²) in [5.74, 6) is 1.40. The number of carbonyl (C=O) groups excluding carboxylic acids is 1. The Morgan fingerprint density at radius 1 is 0.756 bits per heavy atom. The lowest BCUT2D eigenvalue weighted by molar-refractivity contribution is -0.114. The molecule has 0 saturated carbocycles. The molecule has 12 nitrogen and oxygen atoms in total. The van der Waals surface area contributed by atoms with E-state index in [0.717, 1.165) is 5.39 Å². The molecular weight excluding hydrogens is 530 g/mol. The summed E-state index contributed by atoms with van der Waals surface area (Å²) < 4.78 is 21.8. The van der Waals surface area contributed by atoms with E-state index in [0.29, 0.717) is 51.1 Å². The number of azo groups is 2. The van der Waals surface area contributed by atoms with Gasteiger partial charge < -0.3 is 34.5 Å². The summed E-state index contributed by atoms with van der Waals surface area (Å²) in [6, 6.07) is 16.8. The van der Waals surface area contributed by atoms with E-state index in [1.165, 1.54) is 28.3 Å². The molecule has 0 aliphatic carbocycles. The maximum absolute atomic E-state index is 11.3. The Bertz CT molecular complexity index is 1620. The number of nitrogens with zero attached hydrogens (tertiary/aromatic N) is 4. The number of fused-ring (bicyclic) bond motifs is 1. The highest BCUT2D eigenvalue weighted by molar-refractivity contribution is 5.97. The average molecular weight is 560 g/mol. The van der Waals surface area contributed by atoms with Crippen LogP contribution in [0.4, 0.5) is 28.4 Å². The first-order chi connectivity index (χ1) is 19.9. The van der Waals surface area contributed by atoms with Crippen molar-refractivity contribution in [2.45, 2.75) is 6.92 Å². The number of hydrogen-bond acceptors (Lipinski definition) is 11. The van der Waals surface area contributed by atoms with E-state index in [9.17, 15) is 9.90 Å². The van der Waals surface area contributed by atoms with Crippen LogP contribution in [0.5, 0.6) is 28.7 Å². The molecule has 12 heteroatoms. The molecule has 0 fully saturated rings. The monoisotopic (exact) mass is 559 g/mol. The Labute approximate surface area is 235 Å². The van der Waals surface area contributed by atoms with Crippen LogP contribution < -0.4 is 24.3 Å². The van der Waals surface area contributed by atoms with Crippen molar-refractivity contribution in [1.82, 2.24) is 0 Å². The summed E-state index contributed by atoms with van der Waals surface area (Å²) in [5, 5.41) is 41.0. The summed E-state index contributed by atoms with van der Waals surface area (Å²) in [7, 11) is 4.50. The molecular formula is C29H29N5O7. The number of aliphatic hydroxyl groups excluding tert-OH is 1. The highest BCUT2D eigenvalue weighted by Crippen LogP contribution is 2.43. The third kappa shape index (κ3) is 6.86. The molecule has 0 heterocycles. The highest BCUT2D eigenvalue weighted by Gasteiger charge is 2.14. The van der Waals surface area contributed by atoms with E-state index >= 15 is 0 Å². The zero-order valence-electron chi connectivity index (χ0n) is 22.9. The SMILES string of the molecule is COc1ccc(N=Nc2cc(OC)c(N=Nc3ccc4cc(NC(C)=O)ccc4c3O)cc2OC)c(OCCO)c1. The van der Waals surface area contributed by atoms with Gasteiger partial charge in [-0.3, -0.25) is 4.79 Å². The third-order valence-electron chi connectivity index (χ3n) is 5.82. The smallest absolute Gasteiger partial charge is 0.221 e. The maximum Gasteiger partial charge on any atom is 0.221 e. The summed E-state index contributed by atoms with van der Waals surface area (Å²) in [4.78, 5) is 11.3. The predicted molar refractivity (Wildman–Crippen MR) is 153 cm³/mol. The first-order valence-corrected chi connectivity index (χ1v) is 12.4. The van der Waals surface area contributed by atoms with Crippen LogP contribution in [0.15, 0.2) is 81.1 Å². The molecule has 41 heavy (non-hydrogen) atoms. The van der Waals surface area contributed by atoms with Crippen molar-refractivity contribution in [1.29, 1.82) is 0 Å². The molecule has 0 bridgehead atoms. The Morgan fingerprint density at radius 3 is 2.00 bits per heavy atom. The Morgan fingerprint density at radius 2 is 1.39 bits per heavy atom. The Balaban J connectivity index is 1.64. The zero-order chi connectivity index (χ0) is 29.4. The first-order valence-electron chi connectivity index (χ1n) is 12.4. The van der Waals surface area contributed by atoms with Crippen molar-refractivity contribution < 1.29 is 34.0 Å². The van der Waals surface area contributed by atoms with Crippen molar-refractivity contribution >= 4 is 45.1 Å². The molecule has 0 saturated heterocycles. The quantitative estimate of drug-likeness (QED) is 0.172. The fourth-order valence-electron chi connectivity index (χ4n) is 3.88. The van der Waals surface area contributed by atoms with Gasteiger partial charge in [0, 0.05) is 36.2 Å². The van der Waals surface area contributed by atoms with Crippen molar-refractivity contribution in [3.8, 4) is 28.7 Å². The van der Waals surface area contributed by atoms with E-state index in [2.05, 4.69) is 25.8 Å². The first kappa shape index (κ1) is 28.8. The fraction of sp³-hybridized carbons (Fsp3) is 0.207. The number of ether oxygens (including phenoxy) is 4. The van der Waals surface area contributed by atoms with Gasteiger partial charge in [-0.1, -0.05) is 6.07 Å². The van der Waals surface area contributed by atoms with Gasteiger partial charge in [-0.25, -0.2) is 0 Å². The second kappa shape index (κ2) is 13.2. The second-order valence-corrected chi connectivity index (χ2v) is 8.55. The van der Waals surface area contributed by atoms with Gasteiger partial charge >= 0.3 is 0 Å². The molecule has 3 N–H and O–H groups in total. The van der Waals surface area contributed by atoms with Gasteiger partial charge in [0.15, 0.2) is 11.5 Å². The number of phenols is 1. The number of nitrogens with one attached hydrogen (secondary N) is 1. The molecule has 0 spiro atoms. The topological polar surface area (TPSA) is 156 Å². The normalized spacial score (nSPS) is 11.2. The summed E-state index contributed by atoms with van der Waals surface area (Å²) in [6.45, 7) is 1.35. The van der Waals surface area contributed by atoms with Gasteiger partial charge in [-0.15, -0.1) is 20.5 Å². The number of methoxy groups -OCH3 is 3. The minimum atomic E-state index is -0.187. The van der Waals surface area contributed by atoms with Crippen LogP contribution in [0.1, 0.15) is 6.92 Å². The molecule has 4 aromatic carbocycles. The van der Waals surface area contributed by atoms with E-state index < -0.39 is 0 Å². The lowest BCUT2D eigenvalue weighted by Crippen LogP contribution is -2.05. The molecule has 0 aliphatic heterocycles. The molecule has 0 aromatic heterocycles. The largest absolute Gasteiger partial charge is 0.505 e. The number of amides is 1. The molecule has 1 amide bonds. The van der Waals surface area contributed by atoms with E-state index in [1.807, 2.05) is 0 Å². The maximum atomic E-state index is 11.3. The number of benzene rings is 4. The van der Waals surface area contributed by atoms with Crippen LogP contribution in [0.25, 0.3) is 10.8 Å². The van der Waals surface area contributed by atoms with E-state index in [1.54, 1.807) is 60.7 Å². The Kier molecular flexibility index (Phi) is 9.28. The van der Waals surface area contributed by atoms with Crippen LogP contribution in [-0.2, 0) is 4.79 Å². The highest BCUT2D eigenvalue weighted by atomic mass is 16.5.